The van der Waals surface area contributed by atoms with Crippen molar-refractivity contribution < 1.29 is 23.1 Å². The highest BCUT2D eigenvalue weighted by Gasteiger charge is 2.29. The molecule has 18 heavy (non-hydrogen) atoms. The number of hydrogen-bond donors (Lipinski definition) is 2. The Labute approximate surface area is 107 Å². The van der Waals surface area contributed by atoms with E-state index in [1.165, 1.54) is 0 Å². The van der Waals surface area contributed by atoms with Crippen molar-refractivity contribution in [2.75, 3.05) is 11.5 Å². The van der Waals surface area contributed by atoms with Crippen LogP contribution in [0, 0.1) is 5.92 Å². The lowest BCUT2D eigenvalue weighted by Crippen LogP contribution is -2.34. The van der Waals surface area contributed by atoms with Gasteiger partial charge in [0.15, 0.2) is 9.84 Å². The fraction of sp³-hybridized carbons (Fsp3) is 0.818. The molecule has 1 rings (SSSR count). The van der Waals surface area contributed by atoms with Gasteiger partial charge in [-0.15, -0.1) is 0 Å². The molecule has 1 aliphatic rings. The van der Waals surface area contributed by atoms with Gasteiger partial charge < -0.3 is 10.4 Å². The number of amides is 1. The van der Waals surface area contributed by atoms with Crippen molar-refractivity contribution in [3.63, 3.8) is 0 Å². The van der Waals surface area contributed by atoms with Gasteiger partial charge in [-0.25, -0.2) is 8.42 Å². The molecule has 0 radical (unpaired) electrons. The number of carbonyl (C=O) groups is 2. The van der Waals surface area contributed by atoms with E-state index in [-0.39, 0.29) is 42.2 Å². The Morgan fingerprint density at radius 3 is 2.61 bits per heavy atom. The van der Waals surface area contributed by atoms with E-state index in [0.29, 0.717) is 12.8 Å². The number of sulfone groups is 1. The van der Waals surface area contributed by atoms with Gasteiger partial charge in [0.25, 0.3) is 0 Å². The number of aliphatic carboxylic acids is 1. The van der Waals surface area contributed by atoms with Crippen molar-refractivity contribution in [1.29, 1.82) is 0 Å². The number of carbonyl (C=O) groups excluding carboxylic acids is 1. The molecule has 6 nitrogen and oxygen atoms in total. The summed E-state index contributed by atoms with van der Waals surface area (Å²) in [5.74, 6) is -0.932. The summed E-state index contributed by atoms with van der Waals surface area (Å²) in [6, 6.07) is -0.202. The average Bonchev–Trinajstić information content (AvgIpc) is 2.54. The molecule has 104 valence electrons. The zero-order valence-electron chi connectivity index (χ0n) is 10.4. The van der Waals surface area contributed by atoms with Gasteiger partial charge in [-0.1, -0.05) is 0 Å². The van der Waals surface area contributed by atoms with Crippen molar-refractivity contribution in [2.24, 2.45) is 5.92 Å². The standard InChI is InChI=1S/C11H19NO5S/c1-8(2-3-11(14)15)12-10(13)6-9-4-5-18(16,17)7-9/h8-9H,2-7H2,1H3,(H,12,13)(H,14,15). The number of carboxylic acids is 1. The molecule has 7 heteroatoms. The SMILES string of the molecule is CC(CCC(=O)O)NC(=O)CC1CCS(=O)(=O)C1. The van der Waals surface area contributed by atoms with Crippen LogP contribution in [0.4, 0.5) is 0 Å². The van der Waals surface area contributed by atoms with Crippen molar-refractivity contribution in [2.45, 2.75) is 38.6 Å². The van der Waals surface area contributed by atoms with Crippen LogP contribution in [0.1, 0.15) is 32.6 Å². The Morgan fingerprint density at radius 1 is 1.44 bits per heavy atom. The molecule has 0 aromatic rings. The summed E-state index contributed by atoms with van der Waals surface area (Å²) in [6.07, 6.45) is 1.14. The predicted octanol–water partition coefficient (Wildman–Crippen LogP) is 0.181. The highest BCUT2D eigenvalue weighted by Crippen LogP contribution is 2.21. The summed E-state index contributed by atoms with van der Waals surface area (Å²) in [4.78, 5) is 22.0. The van der Waals surface area contributed by atoms with Gasteiger partial charge in [0.2, 0.25) is 5.91 Å². The quantitative estimate of drug-likeness (QED) is 0.721. The summed E-state index contributed by atoms with van der Waals surface area (Å²) in [6.45, 7) is 1.74. The van der Waals surface area contributed by atoms with Crippen molar-refractivity contribution in [1.82, 2.24) is 5.32 Å². The molecule has 2 unspecified atom stereocenters. The number of nitrogens with one attached hydrogen (secondary N) is 1. The first-order valence-corrected chi connectivity index (χ1v) is 7.82. The molecule has 0 spiro atoms. The van der Waals surface area contributed by atoms with Crippen LogP contribution in [0.5, 0.6) is 0 Å². The van der Waals surface area contributed by atoms with Crippen LogP contribution in [-0.4, -0.2) is 42.9 Å². The fourth-order valence-electron chi connectivity index (χ4n) is 2.04. The van der Waals surface area contributed by atoms with E-state index in [9.17, 15) is 18.0 Å². The highest BCUT2D eigenvalue weighted by atomic mass is 32.2. The lowest BCUT2D eigenvalue weighted by Gasteiger charge is -2.14. The monoisotopic (exact) mass is 277 g/mol. The van der Waals surface area contributed by atoms with Crippen LogP contribution in [0.25, 0.3) is 0 Å². The lowest BCUT2D eigenvalue weighted by atomic mass is 10.0. The van der Waals surface area contributed by atoms with Crippen LogP contribution in [0.15, 0.2) is 0 Å². The predicted molar refractivity (Wildman–Crippen MR) is 65.9 cm³/mol. The summed E-state index contributed by atoms with van der Waals surface area (Å²) in [5.41, 5.74) is 0. The van der Waals surface area contributed by atoms with Gasteiger partial charge in [0.1, 0.15) is 0 Å². The summed E-state index contributed by atoms with van der Waals surface area (Å²) in [7, 11) is -2.95. The first kappa shape index (κ1) is 14.9. The molecule has 2 atom stereocenters. The van der Waals surface area contributed by atoms with Gasteiger partial charge in [0.05, 0.1) is 11.5 Å². The zero-order valence-corrected chi connectivity index (χ0v) is 11.2. The summed E-state index contributed by atoms with van der Waals surface area (Å²) in [5, 5.41) is 11.2. The molecule has 0 aromatic carbocycles. The maximum atomic E-state index is 11.6. The molecule has 0 saturated carbocycles. The minimum atomic E-state index is -2.95. The summed E-state index contributed by atoms with van der Waals surface area (Å²) >= 11 is 0. The third-order valence-corrected chi connectivity index (χ3v) is 4.84. The molecule has 2 N–H and O–H groups in total. The van der Waals surface area contributed by atoms with Gasteiger partial charge in [-0.2, -0.15) is 0 Å². The maximum Gasteiger partial charge on any atom is 0.303 e. The highest BCUT2D eigenvalue weighted by molar-refractivity contribution is 7.91. The largest absolute Gasteiger partial charge is 0.481 e. The van der Waals surface area contributed by atoms with E-state index in [1.807, 2.05) is 0 Å². The van der Waals surface area contributed by atoms with Gasteiger partial charge >= 0.3 is 5.97 Å². The van der Waals surface area contributed by atoms with E-state index in [0.717, 1.165) is 0 Å². The van der Waals surface area contributed by atoms with E-state index >= 15 is 0 Å². The van der Waals surface area contributed by atoms with Crippen molar-refractivity contribution >= 4 is 21.7 Å². The third kappa shape index (κ3) is 5.48. The molecule has 1 fully saturated rings. The molecule has 0 aliphatic carbocycles. The van der Waals surface area contributed by atoms with E-state index in [1.54, 1.807) is 6.92 Å². The number of rotatable bonds is 6. The summed E-state index contributed by atoms with van der Waals surface area (Å²) < 4.78 is 22.5. The first-order chi connectivity index (χ1) is 8.28. The molecular formula is C11H19NO5S. The second kappa shape index (κ2) is 6.17. The van der Waals surface area contributed by atoms with E-state index in [4.69, 9.17) is 5.11 Å². The zero-order chi connectivity index (χ0) is 13.8. The Bertz CT molecular complexity index is 417. The molecule has 1 amide bonds. The maximum absolute atomic E-state index is 11.6. The van der Waals surface area contributed by atoms with Gasteiger partial charge in [-0.3, -0.25) is 9.59 Å². The van der Waals surface area contributed by atoms with E-state index < -0.39 is 15.8 Å². The van der Waals surface area contributed by atoms with Crippen molar-refractivity contribution in [3.8, 4) is 0 Å². The smallest absolute Gasteiger partial charge is 0.303 e. The van der Waals surface area contributed by atoms with Crippen LogP contribution >= 0.6 is 0 Å². The average molecular weight is 277 g/mol. The van der Waals surface area contributed by atoms with Crippen LogP contribution in [0.2, 0.25) is 0 Å². The van der Waals surface area contributed by atoms with Crippen LogP contribution < -0.4 is 5.32 Å². The second-order valence-corrected chi connectivity index (χ2v) is 7.10. The minimum Gasteiger partial charge on any atom is -0.481 e. The van der Waals surface area contributed by atoms with E-state index in [2.05, 4.69) is 5.32 Å². The Hall–Kier alpha value is -1.11. The van der Waals surface area contributed by atoms with Crippen LogP contribution in [0.3, 0.4) is 0 Å². The van der Waals surface area contributed by atoms with Gasteiger partial charge in [-0.05, 0) is 25.7 Å². The topological polar surface area (TPSA) is 101 Å². The molecule has 1 aliphatic heterocycles. The normalized spacial score (nSPS) is 23.5. The Kier molecular flexibility index (Phi) is 5.13. The molecule has 1 saturated heterocycles. The van der Waals surface area contributed by atoms with Crippen molar-refractivity contribution in [3.05, 3.63) is 0 Å². The van der Waals surface area contributed by atoms with Crippen LogP contribution in [-0.2, 0) is 19.4 Å². The Balaban J connectivity index is 2.27. The lowest BCUT2D eigenvalue weighted by molar-refractivity contribution is -0.137. The number of hydrogen-bond acceptors (Lipinski definition) is 4. The number of carboxylic acid groups (broad SMARTS) is 1. The second-order valence-electron chi connectivity index (χ2n) is 4.87. The fourth-order valence-corrected chi connectivity index (χ4v) is 3.90. The third-order valence-electron chi connectivity index (χ3n) is 3.00. The molecule has 0 aromatic heterocycles. The van der Waals surface area contributed by atoms with Gasteiger partial charge in [0, 0.05) is 18.9 Å². The molecule has 0 bridgehead atoms. The Morgan fingerprint density at radius 2 is 2.11 bits per heavy atom. The minimum absolute atomic E-state index is 0.0131. The molecular weight excluding hydrogens is 258 g/mol. The first-order valence-electron chi connectivity index (χ1n) is 6.00. The molecule has 1 heterocycles.